The number of hydrogen-bond donors (Lipinski definition) is 0. The summed E-state index contributed by atoms with van der Waals surface area (Å²) in [7, 11) is -3.67. The van der Waals surface area contributed by atoms with Crippen LogP contribution in [0, 0.1) is 5.92 Å². The Morgan fingerprint density at radius 2 is 1.66 bits per heavy atom. The van der Waals surface area contributed by atoms with Gasteiger partial charge in [-0.05, 0) is 57.8 Å². The minimum absolute atomic E-state index is 0.0381. The summed E-state index contributed by atoms with van der Waals surface area (Å²) in [5.41, 5.74) is 0.484. The van der Waals surface area contributed by atoms with Gasteiger partial charge in [-0.3, -0.25) is 9.59 Å². The molecule has 0 aromatic rings. The van der Waals surface area contributed by atoms with E-state index in [0.29, 0.717) is 25.1 Å². The molecule has 2 amide bonds. The Morgan fingerprint density at radius 3 is 2.28 bits per heavy atom. The zero-order chi connectivity index (χ0) is 23.1. The van der Waals surface area contributed by atoms with E-state index in [-0.39, 0.29) is 11.8 Å². The van der Waals surface area contributed by atoms with Crippen molar-refractivity contribution in [3.8, 4) is 0 Å². The summed E-state index contributed by atoms with van der Waals surface area (Å²) in [6, 6.07) is -0.416. The van der Waals surface area contributed by atoms with Crippen molar-refractivity contribution in [2.75, 3.05) is 32.4 Å². The zero-order valence-electron chi connectivity index (χ0n) is 19.9. The number of unbranched alkanes of at least 4 members (excludes halogenated alkanes) is 6. The van der Waals surface area contributed by atoms with Crippen LogP contribution in [0.3, 0.4) is 0 Å². The summed E-state index contributed by atoms with van der Waals surface area (Å²) in [4.78, 5) is 30.0. The second kappa shape index (κ2) is 11.6. The average molecular weight is 468 g/mol. The van der Waals surface area contributed by atoms with Gasteiger partial charge in [0.2, 0.25) is 21.8 Å². The van der Waals surface area contributed by atoms with E-state index >= 15 is 0 Å². The van der Waals surface area contributed by atoms with Crippen LogP contribution in [0.25, 0.3) is 0 Å². The lowest BCUT2D eigenvalue weighted by molar-refractivity contribution is -0.133. The fourth-order valence-electron chi connectivity index (χ4n) is 5.47. The van der Waals surface area contributed by atoms with Gasteiger partial charge in [-0.25, -0.2) is 12.7 Å². The van der Waals surface area contributed by atoms with Gasteiger partial charge in [0.15, 0.2) is 0 Å². The van der Waals surface area contributed by atoms with Crippen molar-refractivity contribution in [3.05, 3.63) is 11.8 Å². The quantitative estimate of drug-likeness (QED) is 0.387. The van der Waals surface area contributed by atoms with Crippen molar-refractivity contribution in [1.29, 1.82) is 0 Å². The fourth-order valence-corrected chi connectivity index (χ4v) is 6.50. The van der Waals surface area contributed by atoms with Gasteiger partial charge in [-0.15, -0.1) is 0 Å². The lowest BCUT2D eigenvalue weighted by Crippen LogP contribution is -2.41. The number of carbonyl (C=O) groups excluding carboxylic acids is 2. The molecule has 0 saturated carbocycles. The third kappa shape index (κ3) is 6.13. The highest BCUT2D eigenvalue weighted by Crippen LogP contribution is 2.40. The predicted octanol–water partition coefficient (Wildman–Crippen LogP) is 3.52. The molecule has 8 heteroatoms. The van der Waals surface area contributed by atoms with Crippen LogP contribution < -0.4 is 0 Å². The third-order valence-electron chi connectivity index (χ3n) is 7.08. The summed E-state index contributed by atoms with van der Waals surface area (Å²) < 4.78 is 25.3. The maximum absolute atomic E-state index is 12.9. The molecule has 0 aromatic carbocycles. The minimum atomic E-state index is -3.67. The maximum atomic E-state index is 12.9. The summed E-state index contributed by atoms with van der Waals surface area (Å²) >= 11 is 0. The first kappa shape index (κ1) is 25.2. The number of hydrogen-bond acceptors (Lipinski definition) is 5. The number of carbonyl (C=O) groups is 2. The van der Waals surface area contributed by atoms with Crippen molar-refractivity contribution in [2.45, 2.75) is 90.0 Å². The molecule has 3 rings (SSSR count). The number of amides is 2. The van der Waals surface area contributed by atoms with Crippen LogP contribution in [0.2, 0.25) is 0 Å². The molecule has 0 aromatic heterocycles. The normalized spacial score (nSPS) is 23.8. The average Bonchev–Trinajstić information content (AvgIpc) is 3.44. The molecular weight excluding hydrogens is 426 g/mol. The molecule has 0 aliphatic carbocycles. The highest BCUT2D eigenvalue weighted by Gasteiger charge is 2.53. The van der Waals surface area contributed by atoms with Crippen LogP contribution >= 0.6 is 0 Å². The molecular formula is C24H41N3O4S. The number of sulfonamides is 1. The van der Waals surface area contributed by atoms with Gasteiger partial charge in [0, 0.05) is 13.0 Å². The van der Waals surface area contributed by atoms with Gasteiger partial charge in [-0.2, -0.15) is 0 Å². The van der Waals surface area contributed by atoms with Crippen LogP contribution in [-0.4, -0.2) is 72.8 Å². The third-order valence-corrected chi connectivity index (χ3v) is 8.14. The Labute approximate surface area is 194 Å². The standard InChI is InChI=1S/C24H41N3O4S/c1-3-13-20-23-21(27(24(20)29)32(2,30)31)15-19-26(23)22(28)14-9-7-5-4-6-8-10-16-25-17-11-12-18-25/h15,20,23H,3-14,16-19H2,1-2H3/t20-,23-/m1/s1. The van der Waals surface area contributed by atoms with Crippen molar-refractivity contribution in [3.63, 3.8) is 0 Å². The van der Waals surface area contributed by atoms with E-state index in [1.807, 2.05) is 6.92 Å². The second-order valence-electron chi connectivity index (χ2n) is 9.65. The Bertz CT molecular complexity index is 789. The summed E-state index contributed by atoms with van der Waals surface area (Å²) in [6.45, 7) is 6.19. The van der Waals surface area contributed by atoms with Gasteiger partial charge in [0.1, 0.15) is 0 Å². The molecule has 2 fully saturated rings. The largest absolute Gasteiger partial charge is 0.330 e. The first-order valence-corrected chi connectivity index (χ1v) is 14.5. The fraction of sp³-hybridized carbons (Fsp3) is 0.833. The van der Waals surface area contributed by atoms with Gasteiger partial charge in [-0.1, -0.05) is 45.4 Å². The van der Waals surface area contributed by atoms with E-state index in [9.17, 15) is 18.0 Å². The summed E-state index contributed by atoms with van der Waals surface area (Å²) in [6.07, 6.45) is 15.5. The Hall–Kier alpha value is -1.41. The highest BCUT2D eigenvalue weighted by atomic mass is 32.2. The SMILES string of the molecule is CCC[C@H]1C(=O)N(S(C)(=O)=O)C2=CCN(C(=O)CCCCCCCCCN3CCCC3)[C@@H]21. The number of rotatable bonds is 13. The van der Waals surface area contributed by atoms with Gasteiger partial charge < -0.3 is 9.80 Å². The first-order valence-electron chi connectivity index (χ1n) is 12.6. The molecule has 2 atom stereocenters. The Balaban J connectivity index is 1.37. The van der Waals surface area contributed by atoms with Crippen molar-refractivity contribution >= 4 is 21.8 Å². The molecule has 0 spiro atoms. The molecule has 182 valence electrons. The lowest BCUT2D eigenvalue weighted by Gasteiger charge is -2.27. The van der Waals surface area contributed by atoms with Crippen LogP contribution in [0.5, 0.6) is 0 Å². The van der Waals surface area contributed by atoms with E-state index in [0.717, 1.165) is 36.2 Å². The molecule has 7 nitrogen and oxygen atoms in total. The number of fused-ring (bicyclic) bond motifs is 1. The number of likely N-dealkylation sites (tertiary alicyclic amines) is 1. The van der Waals surface area contributed by atoms with E-state index < -0.39 is 22.0 Å². The Morgan fingerprint density at radius 1 is 1.03 bits per heavy atom. The molecule has 3 aliphatic heterocycles. The van der Waals surface area contributed by atoms with Crippen molar-refractivity contribution < 1.29 is 18.0 Å². The second-order valence-corrected chi connectivity index (χ2v) is 11.5. The topological polar surface area (TPSA) is 78.0 Å². The van der Waals surface area contributed by atoms with Gasteiger partial charge >= 0.3 is 0 Å². The molecule has 3 aliphatic rings. The highest BCUT2D eigenvalue weighted by molar-refractivity contribution is 7.89. The van der Waals surface area contributed by atoms with Crippen LogP contribution in [0.4, 0.5) is 0 Å². The first-order chi connectivity index (χ1) is 15.3. The maximum Gasteiger partial charge on any atom is 0.246 e. The van der Waals surface area contributed by atoms with E-state index in [4.69, 9.17) is 0 Å². The molecule has 0 bridgehead atoms. The smallest absolute Gasteiger partial charge is 0.246 e. The minimum Gasteiger partial charge on any atom is -0.330 e. The van der Waals surface area contributed by atoms with Crippen molar-refractivity contribution in [1.82, 2.24) is 14.1 Å². The van der Waals surface area contributed by atoms with Crippen LogP contribution in [-0.2, 0) is 19.6 Å². The molecule has 2 saturated heterocycles. The monoisotopic (exact) mass is 467 g/mol. The van der Waals surface area contributed by atoms with Crippen LogP contribution in [0.1, 0.15) is 84.0 Å². The van der Waals surface area contributed by atoms with Crippen molar-refractivity contribution in [2.24, 2.45) is 5.92 Å². The van der Waals surface area contributed by atoms with E-state index in [1.165, 1.54) is 58.2 Å². The molecule has 3 heterocycles. The Kier molecular flexibility index (Phi) is 9.17. The molecule has 32 heavy (non-hydrogen) atoms. The predicted molar refractivity (Wildman–Crippen MR) is 126 cm³/mol. The van der Waals surface area contributed by atoms with E-state index in [1.54, 1.807) is 11.0 Å². The van der Waals surface area contributed by atoms with Gasteiger partial charge in [0.05, 0.1) is 23.9 Å². The molecule has 0 unspecified atom stereocenters. The number of nitrogens with zero attached hydrogens (tertiary/aromatic N) is 3. The van der Waals surface area contributed by atoms with E-state index in [2.05, 4.69) is 4.90 Å². The molecule has 0 N–H and O–H groups in total. The lowest BCUT2D eigenvalue weighted by atomic mass is 9.95. The van der Waals surface area contributed by atoms with Crippen LogP contribution in [0.15, 0.2) is 11.8 Å². The van der Waals surface area contributed by atoms with Gasteiger partial charge in [0.25, 0.3) is 0 Å². The summed E-state index contributed by atoms with van der Waals surface area (Å²) in [5.74, 6) is -0.795. The zero-order valence-corrected chi connectivity index (χ0v) is 20.7. The summed E-state index contributed by atoms with van der Waals surface area (Å²) in [5, 5.41) is 0. The molecule has 0 radical (unpaired) electrons.